The third-order valence-electron chi connectivity index (χ3n) is 3.77. The molecule has 0 aliphatic heterocycles. The molecule has 2 aromatic carbocycles. The third-order valence-corrected chi connectivity index (χ3v) is 5.96. The van der Waals surface area contributed by atoms with Crippen molar-refractivity contribution in [3.8, 4) is 5.75 Å². The van der Waals surface area contributed by atoms with E-state index in [4.69, 9.17) is 16.3 Å². The predicted molar refractivity (Wildman–Crippen MR) is 101 cm³/mol. The number of methoxy groups -OCH3 is 1. The lowest BCUT2D eigenvalue weighted by atomic mass is 10.2. The lowest BCUT2D eigenvalue weighted by Gasteiger charge is -2.20. The van der Waals surface area contributed by atoms with E-state index < -0.39 is 10.0 Å². The number of amides is 1. The zero-order valence-electron chi connectivity index (χ0n) is 14.6. The molecule has 0 saturated carbocycles. The highest BCUT2D eigenvalue weighted by Gasteiger charge is 2.25. The Morgan fingerprint density at radius 3 is 2.27 bits per heavy atom. The molecule has 0 aliphatic rings. The average Bonchev–Trinajstić information content (AvgIpc) is 2.65. The Morgan fingerprint density at radius 1 is 1.12 bits per heavy atom. The second-order valence-corrected chi connectivity index (χ2v) is 7.88. The molecule has 8 heteroatoms. The van der Waals surface area contributed by atoms with Gasteiger partial charge in [-0.05, 0) is 42.0 Å². The number of nitrogens with zero attached hydrogens (tertiary/aromatic N) is 1. The van der Waals surface area contributed by atoms with E-state index in [1.165, 1.54) is 24.3 Å². The second-order valence-electron chi connectivity index (χ2n) is 5.51. The molecule has 2 aromatic rings. The Labute approximate surface area is 158 Å². The van der Waals surface area contributed by atoms with Crippen LogP contribution in [0.25, 0.3) is 0 Å². The first-order valence-electron chi connectivity index (χ1n) is 8.02. The molecule has 0 heterocycles. The molecule has 0 fully saturated rings. The van der Waals surface area contributed by atoms with Gasteiger partial charge in [0.15, 0.2) is 0 Å². The summed E-state index contributed by atoms with van der Waals surface area (Å²) in [5.74, 6) is 0.353. The molecule has 0 atom stereocenters. The van der Waals surface area contributed by atoms with E-state index in [2.05, 4.69) is 5.32 Å². The highest BCUT2D eigenvalue weighted by atomic mass is 35.5. The molecule has 1 N–H and O–H groups in total. The molecule has 0 radical (unpaired) electrons. The van der Waals surface area contributed by atoms with E-state index >= 15 is 0 Å². The lowest BCUT2D eigenvalue weighted by Crippen LogP contribution is -2.40. The minimum atomic E-state index is -3.76. The molecule has 0 bridgehead atoms. The largest absolute Gasteiger partial charge is 0.497 e. The molecule has 1 amide bonds. The van der Waals surface area contributed by atoms with Crippen LogP contribution in [0.2, 0.25) is 5.02 Å². The number of carbonyl (C=O) groups is 1. The third kappa shape index (κ3) is 5.20. The number of hydrogen-bond acceptors (Lipinski definition) is 4. The normalized spacial score (nSPS) is 11.4. The summed E-state index contributed by atoms with van der Waals surface area (Å²) in [7, 11) is -2.18. The van der Waals surface area contributed by atoms with Gasteiger partial charge in [0, 0.05) is 18.1 Å². The Morgan fingerprint density at radius 2 is 1.73 bits per heavy atom. The number of nitrogens with one attached hydrogen (secondary N) is 1. The maximum atomic E-state index is 12.6. The molecule has 0 aromatic heterocycles. The van der Waals surface area contributed by atoms with E-state index in [1.807, 2.05) is 12.1 Å². The Balaban J connectivity index is 1.99. The van der Waals surface area contributed by atoms with Crippen LogP contribution in [-0.4, -0.2) is 38.8 Å². The first-order chi connectivity index (χ1) is 12.4. The van der Waals surface area contributed by atoms with Crippen molar-refractivity contribution in [3.63, 3.8) is 0 Å². The monoisotopic (exact) mass is 396 g/mol. The maximum Gasteiger partial charge on any atom is 0.243 e. The van der Waals surface area contributed by atoms with Crippen LogP contribution in [-0.2, 0) is 21.4 Å². The van der Waals surface area contributed by atoms with Gasteiger partial charge in [0.1, 0.15) is 5.75 Å². The number of hydrogen-bond donors (Lipinski definition) is 1. The highest BCUT2D eigenvalue weighted by molar-refractivity contribution is 7.89. The van der Waals surface area contributed by atoms with Gasteiger partial charge in [-0.15, -0.1) is 0 Å². The van der Waals surface area contributed by atoms with Crippen LogP contribution < -0.4 is 10.1 Å². The van der Waals surface area contributed by atoms with Crippen molar-refractivity contribution in [2.75, 3.05) is 20.2 Å². The molecule has 0 aliphatic carbocycles. The lowest BCUT2D eigenvalue weighted by molar-refractivity contribution is -0.121. The fourth-order valence-electron chi connectivity index (χ4n) is 2.28. The van der Waals surface area contributed by atoms with Gasteiger partial charge in [0.2, 0.25) is 15.9 Å². The topological polar surface area (TPSA) is 75.7 Å². The van der Waals surface area contributed by atoms with Crippen molar-refractivity contribution >= 4 is 27.5 Å². The highest BCUT2D eigenvalue weighted by Crippen LogP contribution is 2.18. The summed E-state index contributed by atoms with van der Waals surface area (Å²) >= 11 is 5.80. The van der Waals surface area contributed by atoms with E-state index in [1.54, 1.807) is 26.2 Å². The van der Waals surface area contributed by atoms with Gasteiger partial charge in [-0.3, -0.25) is 4.79 Å². The van der Waals surface area contributed by atoms with E-state index in [0.29, 0.717) is 11.6 Å². The fraction of sp³-hybridized carbons (Fsp3) is 0.278. The van der Waals surface area contributed by atoms with E-state index in [0.717, 1.165) is 15.6 Å². The fourth-order valence-corrected chi connectivity index (χ4v) is 3.81. The Hall–Kier alpha value is -2.09. The number of benzene rings is 2. The van der Waals surface area contributed by atoms with Crippen molar-refractivity contribution in [3.05, 3.63) is 59.1 Å². The summed E-state index contributed by atoms with van der Waals surface area (Å²) in [4.78, 5) is 12.3. The van der Waals surface area contributed by atoms with Crippen LogP contribution in [0, 0.1) is 0 Å². The molecule has 6 nitrogen and oxygen atoms in total. The van der Waals surface area contributed by atoms with Gasteiger partial charge in [0.05, 0.1) is 18.6 Å². The van der Waals surface area contributed by atoms with Crippen LogP contribution in [0.15, 0.2) is 53.4 Å². The van der Waals surface area contributed by atoms with Crippen LogP contribution in [0.5, 0.6) is 5.75 Å². The summed E-state index contributed by atoms with van der Waals surface area (Å²) < 4.78 is 31.5. The average molecular weight is 397 g/mol. The first-order valence-corrected chi connectivity index (χ1v) is 9.84. The predicted octanol–water partition coefficient (Wildman–Crippen LogP) is 2.68. The van der Waals surface area contributed by atoms with Crippen LogP contribution in [0.4, 0.5) is 0 Å². The number of sulfonamides is 1. The maximum absolute atomic E-state index is 12.6. The van der Waals surface area contributed by atoms with E-state index in [-0.39, 0.29) is 23.9 Å². The summed E-state index contributed by atoms with van der Waals surface area (Å²) in [6.07, 6.45) is 0. The molecular weight excluding hydrogens is 376 g/mol. The van der Waals surface area contributed by atoms with Gasteiger partial charge in [0.25, 0.3) is 0 Å². The van der Waals surface area contributed by atoms with Gasteiger partial charge >= 0.3 is 0 Å². The summed E-state index contributed by atoms with van der Waals surface area (Å²) in [5, 5.41) is 3.18. The van der Waals surface area contributed by atoms with Gasteiger partial charge in [-0.1, -0.05) is 30.7 Å². The number of carbonyl (C=O) groups excluding carboxylic acids is 1. The van der Waals surface area contributed by atoms with Crippen molar-refractivity contribution in [1.29, 1.82) is 0 Å². The van der Waals surface area contributed by atoms with Crippen LogP contribution in [0.3, 0.4) is 0 Å². The molecule has 0 saturated heterocycles. The zero-order valence-corrected chi connectivity index (χ0v) is 16.2. The molecule has 2 rings (SSSR count). The van der Waals surface area contributed by atoms with E-state index in [9.17, 15) is 13.2 Å². The minimum Gasteiger partial charge on any atom is -0.497 e. The van der Waals surface area contributed by atoms with Crippen molar-refractivity contribution in [2.24, 2.45) is 0 Å². The second kappa shape index (κ2) is 9.02. The Kier molecular flexibility index (Phi) is 7.02. The summed E-state index contributed by atoms with van der Waals surface area (Å²) in [5.41, 5.74) is 0.891. The van der Waals surface area contributed by atoms with Crippen LogP contribution in [0.1, 0.15) is 12.5 Å². The molecule has 140 valence electrons. The van der Waals surface area contributed by atoms with Crippen molar-refractivity contribution in [1.82, 2.24) is 9.62 Å². The van der Waals surface area contributed by atoms with Gasteiger partial charge in [-0.2, -0.15) is 4.31 Å². The first kappa shape index (κ1) is 20.2. The zero-order chi connectivity index (χ0) is 19.2. The SMILES string of the molecule is CCN(CC(=O)NCc1ccc(OC)cc1)S(=O)(=O)c1ccc(Cl)cc1. The van der Waals surface area contributed by atoms with Crippen molar-refractivity contribution in [2.45, 2.75) is 18.4 Å². The van der Waals surface area contributed by atoms with Crippen molar-refractivity contribution < 1.29 is 17.9 Å². The van der Waals surface area contributed by atoms with Gasteiger partial charge < -0.3 is 10.1 Å². The molecule has 0 spiro atoms. The minimum absolute atomic E-state index is 0.103. The Bertz CT molecular complexity index is 836. The van der Waals surface area contributed by atoms with Gasteiger partial charge in [-0.25, -0.2) is 8.42 Å². The molecular formula is C18H21ClN2O4S. The number of likely N-dealkylation sites (N-methyl/N-ethyl adjacent to an activating group) is 1. The summed E-state index contributed by atoms with van der Waals surface area (Å²) in [6.45, 7) is 1.92. The van der Waals surface area contributed by atoms with Crippen LogP contribution >= 0.6 is 11.6 Å². The molecule has 26 heavy (non-hydrogen) atoms. The quantitative estimate of drug-likeness (QED) is 0.744. The number of rotatable bonds is 8. The number of ether oxygens (including phenoxy) is 1. The standard InChI is InChI=1S/C18H21ClN2O4S/c1-3-21(26(23,24)17-10-6-15(19)7-11-17)13-18(22)20-12-14-4-8-16(25-2)9-5-14/h4-11H,3,12-13H2,1-2H3,(H,20,22). The number of halogens is 1. The smallest absolute Gasteiger partial charge is 0.243 e. The summed E-state index contributed by atoms with van der Waals surface area (Å²) in [6, 6.07) is 13.1. The molecule has 0 unspecified atom stereocenters.